The molecular weight excluding hydrogens is 383 g/mol. The standard InChI is InChI=1S/C21H16Cl2N2O2/c22-16-3-1-13(2-4-16)20(14-7-9-24-10-8-14)25-21(26)19-12-15-11-17(23)5-6-18(15)27-19/h1-11,19-20H,12H2,(H,25,26)/t19-,20+/m1/s1. The molecule has 2 atom stereocenters. The van der Waals surface area contributed by atoms with Gasteiger partial charge < -0.3 is 10.1 Å². The van der Waals surface area contributed by atoms with Crippen LogP contribution >= 0.6 is 23.2 Å². The molecule has 0 unspecified atom stereocenters. The maximum atomic E-state index is 12.9. The molecule has 27 heavy (non-hydrogen) atoms. The van der Waals surface area contributed by atoms with Crippen LogP contribution in [0.25, 0.3) is 0 Å². The molecule has 2 aromatic carbocycles. The van der Waals surface area contributed by atoms with E-state index in [9.17, 15) is 4.79 Å². The minimum atomic E-state index is -0.588. The summed E-state index contributed by atoms with van der Waals surface area (Å²) >= 11 is 12.0. The van der Waals surface area contributed by atoms with Crippen molar-refractivity contribution in [2.45, 2.75) is 18.6 Å². The van der Waals surface area contributed by atoms with Gasteiger partial charge in [0.25, 0.3) is 5.91 Å². The van der Waals surface area contributed by atoms with Crippen LogP contribution in [0.3, 0.4) is 0 Å². The van der Waals surface area contributed by atoms with E-state index in [4.69, 9.17) is 27.9 Å². The van der Waals surface area contributed by atoms with E-state index >= 15 is 0 Å². The zero-order valence-electron chi connectivity index (χ0n) is 14.2. The van der Waals surface area contributed by atoms with E-state index in [1.54, 1.807) is 36.7 Å². The predicted octanol–water partition coefficient (Wildman–Crippen LogP) is 4.60. The van der Waals surface area contributed by atoms with E-state index in [0.717, 1.165) is 16.7 Å². The van der Waals surface area contributed by atoms with Gasteiger partial charge in [-0.2, -0.15) is 0 Å². The smallest absolute Gasteiger partial charge is 0.262 e. The number of halogens is 2. The molecule has 0 fully saturated rings. The van der Waals surface area contributed by atoms with Gasteiger partial charge in [0.1, 0.15) is 5.75 Å². The summed E-state index contributed by atoms with van der Waals surface area (Å²) < 4.78 is 5.81. The Morgan fingerprint density at radius 3 is 2.41 bits per heavy atom. The van der Waals surface area contributed by atoms with Crippen LogP contribution in [0, 0.1) is 0 Å². The number of ether oxygens (including phenoxy) is 1. The summed E-state index contributed by atoms with van der Waals surface area (Å²) in [6, 6.07) is 16.2. The van der Waals surface area contributed by atoms with Gasteiger partial charge in [-0.25, -0.2) is 0 Å². The number of nitrogens with zero attached hydrogens (tertiary/aromatic N) is 1. The van der Waals surface area contributed by atoms with Crippen LogP contribution in [-0.4, -0.2) is 17.0 Å². The fraction of sp³-hybridized carbons (Fsp3) is 0.143. The Kier molecular flexibility index (Phi) is 5.01. The normalized spacial score (nSPS) is 16.3. The van der Waals surface area contributed by atoms with Crippen molar-refractivity contribution >= 4 is 29.1 Å². The molecule has 0 bridgehead atoms. The first-order valence-electron chi connectivity index (χ1n) is 8.51. The summed E-state index contributed by atoms with van der Waals surface area (Å²) in [4.78, 5) is 17.0. The van der Waals surface area contributed by atoms with Crippen molar-refractivity contribution in [3.8, 4) is 5.75 Å². The Morgan fingerprint density at radius 1 is 1.00 bits per heavy atom. The van der Waals surface area contributed by atoms with E-state index in [2.05, 4.69) is 10.3 Å². The average Bonchev–Trinajstić information content (AvgIpc) is 3.11. The number of amides is 1. The quantitative estimate of drug-likeness (QED) is 0.698. The Labute approximate surface area is 167 Å². The molecule has 4 nitrogen and oxygen atoms in total. The fourth-order valence-corrected chi connectivity index (χ4v) is 3.49. The highest BCUT2D eigenvalue weighted by Gasteiger charge is 2.31. The Hall–Kier alpha value is -2.56. The van der Waals surface area contributed by atoms with E-state index in [0.29, 0.717) is 22.2 Å². The van der Waals surface area contributed by atoms with Gasteiger partial charge in [0.15, 0.2) is 6.10 Å². The second kappa shape index (κ2) is 7.59. The molecule has 4 rings (SSSR count). The fourth-order valence-electron chi connectivity index (χ4n) is 3.17. The van der Waals surface area contributed by atoms with E-state index < -0.39 is 6.10 Å². The summed E-state index contributed by atoms with van der Waals surface area (Å²) in [7, 11) is 0. The minimum absolute atomic E-state index is 0.181. The number of fused-ring (bicyclic) bond motifs is 1. The molecule has 3 aromatic rings. The molecule has 1 N–H and O–H groups in total. The van der Waals surface area contributed by atoms with Crippen molar-refractivity contribution in [2.75, 3.05) is 0 Å². The van der Waals surface area contributed by atoms with Gasteiger partial charge in [-0.1, -0.05) is 35.3 Å². The molecular formula is C21H16Cl2N2O2. The average molecular weight is 399 g/mol. The minimum Gasteiger partial charge on any atom is -0.480 e. The van der Waals surface area contributed by atoms with Crippen molar-refractivity contribution in [3.05, 3.63) is 93.7 Å². The summed E-state index contributed by atoms with van der Waals surface area (Å²) in [5.41, 5.74) is 2.80. The molecule has 1 amide bonds. The van der Waals surface area contributed by atoms with Gasteiger partial charge >= 0.3 is 0 Å². The number of hydrogen-bond acceptors (Lipinski definition) is 3. The summed E-state index contributed by atoms with van der Waals surface area (Å²) in [5, 5.41) is 4.37. The summed E-state index contributed by atoms with van der Waals surface area (Å²) in [6.07, 6.45) is 3.31. The maximum absolute atomic E-state index is 12.9. The number of carbonyl (C=O) groups is 1. The molecule has 1 aromatic heterocycles. The molecule has 6 heteroatoms. The predicted molar refractivity (Wildman–Crippen MR) is 105 cm³/mol. The van der Waals surface area contributed by atoms with E-state index in [1.807, 2.05) is 30.3 Å². The number of benzene rings is 2. The molecule has 2 heterocycles. The SMILES string of the molecule is O=C(N[C@H](c1ccncc1)c1ccc(Cl)cc1)[C@H]1Cc2cc(Cl)ccc2O1. The highest BCUT2D eigenvalue weighted by molar-refractivity contribution is 6.30. The van der Waals surface area contributed by atoms with Crippen LogP contribution in [0.4, 0.5) is 0 Å². The van der Waals surface area contributed by atoms with Gasteiger partial charge in [-0.3, -0.25) is 9.78 Å². The maximum Gasteiger partial charge on any atom is 0.262 e. The number of carbonyl (C=O) groups excluding carboxylic acids is 1. The van der Waals surface area contributed by atoms with Gasteiger partial charge in [0.2, 0.25) is 0 Å². The van der Waals surface area contributed by atoms with Gasteiger partial charge in [0, 0.05) is 28.9 Å². The first-order chi connectivity index (χ1) is 13.1. The number of nitrogens with one attached hydrogen (secondary N) is 1. The molecule has 1 aliphatic rings. The summed E-state index contributed by atoms with van der Waals surface area (Å²) in [6.45, 7) is 0. The lowest BCUT2D eigenvalue weighted by Crippen LogP contribution is -2.40. The highest BCUT2D eigenvalue weighted by atomic mass is 35.5. The molecule has 0 spiro atoms. The van der Waals surface area contributed by atoms with E-state index in [-0.39, 0.29) is 11.9 Å². The first-order valence-corrected chi connectivity index (χ1v) is 9.26. The number of aromatic nitrogens is 1. The van der Waals surface area contributed by atoms with Crippen LogP contribution < -0.4 is 10.1 Å². The highest BCUT2D eigenvalue weighted by Crippen LogP contribution is 2.32. The molecule has 0 saturated heterocycles. The number of hydrogen-bond donors (Lipinski definition) is 1. The Morgan fingerprint density at radius 2 is 1.67 bits per heavy atom. The van der Waals surface area contributed by atoms with Crippen molar-refractivity contribution in [3.63, 3.8) is 0 Å². The van der Waals surface area contributed by atoms with Crippen LogP contribution in [-0.2, 0) is 11.2 Å². The molecule has 1 aliphatic heterocycles. The van der Waals surface area contributed by atoms with Crippen LogP contribution in [0.2, 0.25) is 10.0 Å². The van der Waals surface area contributed by atoms with Crippen molar-refractivity contribution in [1.82, 2.24) is 10.3 Å². The Bertz CT molecular complexity index is 962. The zero-order chi connectivity index (χ0) is 18.8. The zero-order valence-corrected chi connectivity index (χ0v) is 15.7. The third-order valence-electron chi connectivity index (χ3n) is 4.52. The summed E-state index contributed by atoms with van der Waals surface area (Å²) in [5.74, 6) is 0.519. The van der Waals surface area contributed by atoms with Crippen molar-refractivity contribution in [2.24, 2.45) is 0 Å². The lowest BCUT2D eigenvalue weighted by atomic mass is 9.99. The molecule has 0 radical (unpaired) electrons. The topological polar surface area (TPSA) is 51.2 Å². The lowest BCUT2D eigenvalue weighted by molar-refractivity contribution is -0.127. The third kappa shape index (κ3) is 3.92. The number of rotatable bonds is 4. The Balaban J connectivity index is 1.57. The number of pyridine rings is 1. The first kappa shape index (κ1) is 17.8. The van der Waals surface area contributed by atoms with Gasteiger partial charge in [-0.15, -0.1) is 0 Å². The molecule has 0 aliphatic carbocycles. The second-order valence-electron chi connectivity index (χ2n) is 6.34. The molecule has 0 saturated carbocycles. The van der Waals surface area contributed by atoms with Crippen molar-refractivity contribution < 1.29 is 9.53 Å². The van der Waals surface area contributed by atoms with E-state index in [1.165, 1.54) is 0 Å². The lowest BCUT2D eigenvalue weighted by Gasteiger charge is -2.21. The van der Waals surface area contributed by atoms with Gasteiger partial charge in [-0.05, 0) is 59.2 Å². The van der Waals surface area contributed by atoms with Gasteiger partial charge in [0.05, 0.1) is 6.04 Å². The second-order valence-corrected chi connectivity index (χ2v) is 7.21. The monoisotopic (exact) mass is 398 g/mol. The molecule has 136 valence electrons. The van der Waals surface area contributed by atoms with Crippen LogP contribution in [0.15, 0.2) is 67.0 Å². The van der Waals surface area contributed by atoms with Crippen molar-refractivity contribution in [1.29, 1.82) is 0 Å². The van der Waals surface area contributed by atoms with Crippen LogP contribution in [0.5, 0.6) is 5.75 Å². The largest absolute Gasteiger partial charge is 0.480 e. The third-order valence-corrected chi connectivity index (χ3v) is 5.01. The van der Waals surface area contributed by atoms with Crippen LogP contribution in [0.1, 0.15) is 22.7 Å².